The molecule has 2 aromatic carbocycles. The average molecular weight is 425 g/mol. The molecule has 31 heavy (non-hydrogen) atoms. The molecule has 0 spiro atoms. The number of rotatable bonds is 12. The van der Waals surface area contributed by atoms with Crippen LogP contribution < -0.4 is 4.74 Å². The van der Waals surface area contributed by atoms with Crippen LogP contribution in [0.3, 0.4) is 0 Å². The molecule has 0 radical (unpaired) electrons. The Bertz CT molecular complexity index is 751. The molecule has 0 saturated heterocycles. The van der Waals surface area contributed by atoms with E-state index in [1.165, 1.54) is 31.2 Å². The van der Waals surface area contributed by atoms with Crippen LogP contribution in [-0.2, 0) is 14.3 Å². The maximum absolute atomic E-state index is 11.1. The summed E-state index contributed by atoms with van der Waals surface area (Å²) in [7, 11) is 0. The molecule has 4 nitrogen and oxygen atoms in total. The van der Waals surface area contributed by atoms with Crippen molar-refractivity contribution in [2.75, 3.05) is 13.2 Å². The third kappa shape index (κ3) is 12.4. The minimum Gasteiger partial charge on any atom is -0.490 e. The molecule has 0 atom stereocenters. The van der Waals surface area contributed by atoms with Gasteiger partial charge in [-0.2, -0.15) is 0 Å². The lowest BCUT2D eigenvalue weighted by molar-refractivity contribution is -0.148. The Balaban J connectivity index is 0.000000311. The number of benzene rings is 2. The topological polar surface area (TPSA) is 52.6 Å². The van der Waals surface area contributed by atoms with Gasteiger partial charge in [0, 0.05) is 0 Å². The van der Waals surface area contributed by atoms with Gasteiger partial charge in [-0.1, -0.05) is 88.6 Å². The second-order valence-corrected chi connectivity index (χ2v) is 7.49. The van der Waals surface area contributed by atoms with Crippen molar-refractivity contribution in [3.05, 3.63) is 72.3 Å². The molecule has 4 heteroatoms. The normalized spacial score (nSPS) is 10.8. The average Bonchev–Trinajstić information content (AvgIpc) is 2.80. The summed E-state index contributed by atoms with van der Waals surface area (Å²) in [6.45, 7) is 6.51. The van der Waals surface area contributed by atoms with E-state index in [0.29, 0.717) is 13.2 Å². The number of hydrogen-bond donors (Lipinski definition) is 0. The van der Waals surface area contributed by atoms with Crippen molar-refractivity contribution < 1.29 is 19.1 Å². The maximum Gasteiger partial charge on any atom is 0.308 e. The second-order valence-electron chi connectivity index (χ2n) is 7.49. The molecule has 0 heterocycles. The standard InChI is InChI=1S/C15H20O.C12H16O3/c1-2-3-4-6-11-15(12-13-16)14-9-7-5-8-10-14;1-10(2)12(13)15-9-8-14-11-6-4-3-5-7-11/h5,7-10,12-13H,2-4,6,11H2,1H3;3-7,10H,8-9H2,1-2H3. The van der Waals surface area contributed by atoms with Crippen LogP contribution in [0.4, 0.5) is 0 Å². The number of para-hydroxylation sites is 1. The highest BCUT2D eigenvalue weighted by molar-refractivity contribution is 5.81. The molecule has 0 unspecified atom stereocenters. The third-order valence-corrected chi connectivity index (χ3v) is 4.52. The van der Waals surface area contributed by atoms with E-state index in [2.05, 4.69) is 19.1 Å². The van der Waals surface area contributed by atoms with Gasteiger partial charge < -0.3 is 9.47 Å². The second kappa shape index (κ2) is 16.9. The zero-order chi connectivity index (χ0) is 22.7. The number of esters is 1. The van der Waals surface area contributed by atoms with Gasteiger partial charge in [-0.05, 0) is 42.2 Å². The quantitative estimate of drug-likeness (QED) is 0.169. The van der Waals surface area contributed by atoms with Crippen molar-refractivity contribution in [3.8, 4) is 5.75 Å². The first-order valence-electron chi connectivity index (χ1n) is 11.1. The molecule has 0 saturated carbocycles. The largest absolute Gasteiger partial charge is 0.490 e. The van der Waals surface area contributed by atoms with Gasteiger partial charge in [0.1, 0.15) is 25.2 Å². The molecular formula is C27H36O4. The summed E-state index contributed by atoms with van der Waals surface area (Å²) in [5.41, 5.74) is 2.33. The summed E-state index contributed by atoms with van der Waals surface area (Å²) in [6, 6.07) is 19.6. The van der Waals surface area contributed by atoms with E-state index in [9.17, 15) is 9.59 Å². The van der Waals surface area contributed by atoms with E-state index in [-0.39, 0.29) is 11.9 Å². The van der Waals surface area contributed by atoms with Crippen LogP contribution in [0.5, 0.6) is 5.75 Å². The van der Waals surface area contributed by atoms with Gasteiger partial charge in [0.2, 0.25) is 0 Å². The van der Waals surface area contributed by atoms with Crippen LogP contribution in [0.2, 0.25) is 0 Å². The van der Waals surface area contributed by atoms with Gasteiger partial charge in [-0.25, -0.2) is 0 Å². The van der Waals surface area contributed by atoms with Gasteiger partial charge in [-0.15, -0.1) is 0 Å². The lowest BCUT2D eigenvalue weighted by Crippen LogP contribution is -2.16. The minimum atomic E-state index is -0.188. The van der Waals surface area contributed by atoms with E-state index in [0.717, 1.165) is 24.0 Å². The molecule has 0 bridgehead atoms. The Morgan fingerprint density at radius 1 is 0.903 bits per heavy atom. The van der Waals surface area contributed by atoms with Gasteiger partial charge in [-0.3, -0.25) is 9.59 Å². The summed E-state index contributed by atoms with van der Waals surface area (Å²) in [6.07, 6.45) is 8.54. The minimum absolute atomic E-state index is 0.0817. The fourth-order valence-electron chi connectivity index (χ4n) is 2.79. The maximum atomic E-state index is 11.1. The van der Waals surface area contributed by atoms with Crippen LogP contribution in [0.1, 0.15) is 58.4 Å². The Morgan fingerprint density at radius 2 is 1.55 bits per heavy atom. The predicted octanol–water partition coefficient (Wildman–Crippen LogP) is 6.50. The van der Waals surface area contributed by atoms with Crippen molar-refractivity contribution in [3.63, 3.8) is 0 Å². The van der Waals surface area contributed by atoms with Crippen LogP contribution >= 0.6 is 0 Å². The number of carbonyl (C=O) groups excluding carboxylic acids is 2. The molecular weight excluding hydrogens is 388 g/mol. The molecule has 0 aliphatic heterocycles. The Kier molecular flexibility index (Phi) is 14.2. The molecule has 0 aliphatic carbocycles. The summed E-state index contributed by atoms with van der Waals surface area (Å²) in [5, 5.41) is 0. The van der Waals surface area contributed by atoms with Crippen molar-refractivity contribution in [2.45, 2.75) is 52.9 Å². The van der Waals surface area contributed by atoms with Crippen molar-refractivity contribution >= 4 is 17.8 Å². The van der Waals surface area contributed by atoms with E-state index < -0.39 is 0 Å². The highest BCUT2D eigenvalue weighted by Gasteiger charge is 2.07. The SMILES string of the molecule is CC(C)C(=O)OCCOc1ccccc1.CCCCCCC(=CC=O)c1ccccc1. The van der Waals surface area contributed by atoms with Gasteiger partial charge in [0.25, 0.3) is 0 Å². The van der Waals surface area contributed by atoms with Crippen LogP contribution in [0.15, 0.2) is 66.7 Å². The van der Waals surface area contributed by atoms with E-state index in [1.807, 2.05) is 48.5 Å². The highest BCUT2D eigenvalue weighted by Crippen LogP contribution is 2.20. The first-order valence-corrected chi connectivity index (χ1v) is 11.1. The fourth-order valence-corrected chi connectivity index (χ4v) is 2.79. The summed E-state index contributed by atoms with van der Waals surface area (Å²) < 4.78 is 10.3. The van der Waals surface area contributed by atoms with Crippen LogP contribution in [0.25, 0.3) is 5.57 Å². The zero-order valence-electron chi connectivity index (χ0n) is 19.1. The monoisotopic (exact) mass is 424 g/mol. The molecule has 0 fully saturated rings. The summed E-state index contributed by atoms with van der Waals surface area (Å²) >= 11 is 0. The molecule has 2 rings (SSSR count). The Hall–Kier alpha value is -2.88. The first-order chi connectivity index (χ1) is 15.1. The lowest BCUT2D eigenvalue weighted by Gasteiger charge is -2.08. The molecule has 0 aromatic heterocycles. The van der Waals surface area contributed by atoms with E-state index in [1.54, 1.807) is 19.9 Å². The predicted molar refractivity (Wildman–Crippen MR) is 127 cm³/mol. The van der Waals surface area contributed by atoms with Crippen molar-refractivity contribution in [1.29, 1.82) is 0 Å². The lowest BCUT2D eigenvalue weighted by atomic mass is 9.99. The fraction of sp³-hybridized carbons (Fsp3) is 0.407. The van der Waals surface area contributed by atoms with E-state index in [4.69, 9.17) is 9.47 Å². The van der Waals surface area contributed by atoms with Crippen LogP contribution in [-0.4, -0.2) is 25.5 Å². The molecule has 2 aromatic rings. The Morgan fingerprint density at radius 3 is 2.13 bits per heavy atom. The Labute approximate surface area is 187 Å². The summed E-state index contributed by atoms with van der Waals surface area (Å²) in [4.78, 5) is 21.7. The number of aldehydes is 1. The van der Waals surface area contributed by atoms with Gasteiger partial charge >= 0.3 is 5.97 Å². The van der Waals surface area contributed by atoms with E-state index >= 15 is 0 Å². The van der Waals surface area contributed by atoms with Crippen molar-refractivity contribution in [2.24, 2.45) is 5.92 Å². The van der Waals surface area contributed by atoms with Gasteiger partial charge in [0.15, 0.2) is 0 Å². The summed E-state index contributed by atoms with van der Waals surface area (Å²) in [5.74, 6) is 0.520. The number of ether oxygens (including phenoxy) is 2. The molecule has 0 amide bonds. The van der Waals surface area contributed by atoms with Crippen LogP contribution in [0, 0.1) is 5.92 Å². The van der Waals surface area contributed by atoms with Crippen molar-refractivity contribution in [1.82, 2.24) is 0 Å². The van der Waals surface area contributed by atoms with Gasteiger partial charge in [0.05, 0.1) is 5.92 Å². The number of allylic oxidation sites excluding steroid dienone is 2. The number of unbranched alkanes of at least 4 members (excludes halogenated alkanes) is 3. The zero-order valence-corrected chi connectivity index (χ0v) is 19.1. The third-order valence-electron chi connectivity index (χ3n) is 4.52. The molecule has 0 N–H and O–H groups in total. The highest BCUT2D eigenvalue weighted by atomic mass is 16.6. The molecule has 0 aliphatic rings. The number of hydrogen-bond acceptors (Lipinski definition) is 4. The number of carbonyl (C=O) groups is 2. The molecule has 168 valence electrons. The smallest absolute Gasteiger partial charge is 0.308 e. The first kappa shape index (κ1) is 26.2.